The van der Waals surface area contributed by atoms with Crippen molar-refractivity contribution < 1.29 is 9.90 Å². The number of hydrogen-bond acceptors (Lipinski definition) is 3. The molecule has 0 bridgehead atoms. The number of rotatable bonds is 3. The van der Waals surface area contributed by atoms with Gasteiger partial charge in [0.2, 0.25) is 0 Å². The molecule has 0 aliphatic heterocycles. The lowest BCUT2D eigenvalue weighted by molar-refractivity contribution is 0.0925. The lowest BCUT2D eigenvalue weighted by Crippen LogP contribution is -2.37. The fourth-order valence-corrected chi connectivity index (χ4v) is 3.76. The van der Waals surface area contributed by atoms with Crippen LogP contribution in [0.5, 0.6) is 0 Å². The van der Waals surface area contributed by atoms with E-state index in [0.29, 0.717) is 10.9 Å². The summed E-state index contributed by atoms with van der Waals surface area (Å²) in [5.74, 6) is 6.38. The van der Waals surface area contributed by atoms with E-state index in [-0.39, 0.29) is 12.5 Å². The van der Waals surface area contributed by atoms with Gasteiger partial charge in [-0.15, -0.1) is 11.3 Å². The van der Waals surface area contributed by atoms with Crippen molar-refractivity contribution in [1.82, 2.24) is 5.32 Å². The Labute approximate surface area is 130 Å². The van der Waals surface area contributed by atoms with Crippen molar-refractivity contribution in [3.63, 3.8) is 0 Å². The highest BCUT2D eigenvalue weighted by atomic mass is 32.1. The van der Waals surface area contributed by atoms with Gasteiger partial charge in [-0.3, -0.25) is 4.79 Å². The molecule has 0 unspecified atom stereocenters. The van der Waals surface area contributed by atoms with Crippen LogP contribution in [-0.4, -0.2) is 23.7 Å². The summed E-state index contributed by atoms with van der Waals surface area (Å²) >= 11 is 1.40. The summed E-state index contributed by atoms with van der Waals surface area (Å²) in [6.45, 7) is 4.04. The lowest BCUT2D eigenvalue weighted by Gasteiger charge is -2.28. The zero-order chi connectivity index (χ0) is 15.2. The molecule has 1 saturated carbocycles. The summed E-state index contributed by atoms with van der Waals surface area (Å²) in [6, 6.07) is 2.20. The van der Waals surface area contributed by atoms with E-state index in [0.717, 1.165) is 29.2 Å². The van der Waals surface area contributed by atoms with E-state index < -0.39 is 0 Å². The number of nitrogens with one attached hydrogen (secondary N) is 1. The number of amides is 1. The summed E-state index contributed by atoms with van der Waals surface area (Å²) in [7, 11) is 0. The maximum absolute atomic E-state index is 12.3. The Morgan fingerprint density at radius 2 is 2.14 bits per heavy atom. The Morgan fingerprint density at radius 3 is 2.76 bits per heavy atom. The highest BCUT2D eigenvalue weighted by molar-refractivity contribution is 7.14. The number of aryl methyl sites for hydroxylation is 1. The molecular formula is C17H23NO2S. The van der Waals surface area contributed by atoms with Crippen LogP contribution >= 0.6 is 11.3 Å². The van der Waals surface area contributed by atoms with Crippen LogP contribution in [0, 0.1) is 24.7 Å². The van der Waals surface area contributed by atoms with E-state index in [4.69, 9.17) is 5.11 Å². The minimum atomic E-state index is -0.153. The molecule has 114 valence electrons. The molecule has 0 radical (unpaired) electrons. The van der Waals surface area contributed by atoms with Crippen molar-refractivity contribution in [3.8, 4) is 11.8 Å². The largest absolute Gasteiger partial charge is 0.384 e. The summed E-state index contributed by atoms with van der Waals surface area (Å²) in [4.78, 5) is 13.9. The molecule has 1 aromatic heterocycles. The van der Waals surface area contributed by atoms with Crippen LogP contribution in [-0.2, 0) is 0 Å². The van der Waals surface area contributed by atoms with Gasteiger partial charge in [0, 0.05) is 6.04 Å². The van der Waals surface area contributed by atoms with E-state index in [1.807, 2.05) is 13.0 Å². The first-order valence-electron chi connectivity index (χ1n) is 7.65. The molecule has 0 spiro atoms. The molecule has 21 heavy (non-hydrogen) atoms. The highest BCUT2D eigenvalue weighted by Crippen LogP contribution is 2.27. The molecule has 1 aromatic rings. The number of hydrogen-bond donors (Lipinski definition) is 2. The third-order valence-corrected chi connectivity index (χ3v) is 5.33. The highest BCUT2D eigenvalue weighted by Gasteiger charge is 2.22. The van der Waals surface area contributed by atoms with E-state index in [1.54, 1.807) is 0 Å². The SMILES string of the molecule is CCC1CCC(NC(=O)c2cc(C)c(C#CCO)s2)CC1. The fraction of sp³-hybridized carbons (Fsp3) is 0.588. The molecule has 1 aliphatic rings. The molecule has 1 aliphatic carbocycles. The molecule has 0 aromatic carbocycles. The first kappa shape index (κ1) is 16.1. The van der Waals surface area contributed by atoms with E-state index in [2.05, 4.69) is 24.1 Å². The summed E-state index contributed by atoms with van der Waals surface area (Å²) in [5.41, 5.74) is 1.00. The number of thiophene rings is 1. The van der Waals surface area contributed by atoms with Crippen molar-refractivity contribution in [3.05, 3.63) is 21.4 Å². The van der Waals surface area contributed by atoms with E-state index in [1.165, 1.54) is 30.6 Å². The van der Waals surface area contributed by atoms with Crippen molar-refractivity contribution in [2.24, 2.45) is 5.92 Å². The third-order valence-electron chi connectivity index (χ3n) is 4.18. The molecule has 3 nitrogen and oxygen atoms in total. The molecule has 1 fully saturated rings. The second kappa shape index (κ2) is 7.63. The van der Waals surface area contributed by atoms with Crippen molar-refractivity contribution >= 4 is 17.2 Å². The predicted molar refractivity (Wildman–Crippen MR) is 86.5 cm³/mol. The van der Waals surface area contributed by atoms with Crippen LogP contribution < -0.4 is 5.32 Å². The first-order valence-corrected chi connectivity index (χ1v) is 8.46. The van der Waals surface area contributed by atoms with Gasteiger partial charge in [-0.05, 0) is 50.2 Å². The zero-order valence-corrected chi connectivity index (χ0v) is 13.6. The van der Waals surface area contributed by atoms with Crippen LogP contribution in [0.25, 0.3) is 0 Å². The summed E-state index contributed by atoms with van der Waals surface area (Å²) in [5, 5.41) is 11.9. The summed E-state index contributed by atoms with van der Waals surface area (Å²) in [6.07, 6.45) is 5.87. The second-order valence-corrected chi connectivity index (χ2v) is 6.73. The van der Waals surface area contributed by atoms with Gasteiger partial charge in [0.05, 0.1) is 9.75 Å². The molecule has 1 amide bonds. The van der Waals surface area contributed by atoms with Crippen LogP contribution in [0.1, 0.15) is 59.1 Å². The fourth-order valence-electron chi connectivity index (χ4n) is 2.81. The van der Waals surface area contributed by atoms with Gasteiger partial charge in [0.1, 0.15) is 6.61 Å². The summed E-state index contributed by atoms with van der Waals surface area (Å²) < 4.78 is 0. The minimum absolute atomic E-state index is 0.0140. The number of carbonyl (C=O) groups excluding carboxylic acids is 1. The van der Waals surface area contributed by atoms with Gasteiger partial charge in [-0.2, -0.15) is 0 Å². The van der Waals surface area contributed by atoms with Gasteiger partial charge in [-0.25, -0.2) is 0 Å². The molecule has 0 saturated heterocycles. The van der Waals surface area contributed by atoms with Gasteiger partial charge in [0.25, 0.3) is 5.91 Å². The van der Waals surface area contributed by atoms with Gasteiger partial charge in [-0.1, -0.05) is 25.2 Å². The maximum Gasteiger partial charge on any atom is 0.261 e. The number of carbonyl (C=O) groups is 1. The average Bonchev–Trinajstić information content (AvgIpc) is 2.87. The van der Waals surface area contributed by atoms with Crippen LogP contribution in [0.2, 0.25) is 0 Å². The molecule has 2 N–H and O–H groups in total. The normalized spacial score (nSPS) is 21.5. The Kier molecular flexibility index (Phi) is 5.84. The van der Waals surface area contributed by atoms with E-state index >= 15 is 0 Å². The van der Waals surface area contributed by atoms with E-state index in [9.17, 15) is 4.79 Å². The average molecular weight is 305 g/mol. The molecule has 0 atom stereocenters. The molecule has 4 heteroatoms. The minimum Gasteiger partial charge on any atom is -0.384 e. The molecular weight excluding hydrogens is 282 g/mol. The monoisotopic (exact) mass is 305 g/mol. The topological polar surface area (TPSA) is 49.3 Å². The van der Waals surface area contributed by atoms with Crippen molar-refractivity contribution in [1.29, 1.82) is 0 Å². The van der Waals surface area contributed by atoms with Gasteiger partial charge >= 0.3 is 0 Å². The smallest absolute Gasteiger partial charge is 0.261 e. The molecule has 1 heterocycles. The molecule has 2 rings (SSSR count). The Hall–Kier alpha value is -1.31. The van der Waals surface area contributed by atoms with Crippen molar-refractivity contribution in [2.75, 3.05) is 6.61 Å². The first-order chi connectivity index (χ1) is 10.1. The van der Waals surface area contributed by atoms with Crippen LogP contribution in [0.4, 0.5) is 0 Å². The lowest BCUT2D eigenvalue weighted by atomic mass is 9.84. The Balaban J connectivity index is 1.95. The Morgan fingerprint density at radius 1 is 1.43 bits per heavy atom. The van der Waals surface area contributed by atoms with Gasteiger partial charge in [0.15, 0.2) is 0 Å². The zero-order valence-electron chi connectivity index (χ0n) is 12.7. The van der Waals surface area contributed by atoms with Crippen LogP contribution in [0.3, 0.4) is 0 Å². The van der Waals surface area contributed by atoms with Gasteiger partial charge < -0.3 is 10.4 Å². The standard InChI is InChI=1S/C17H23NO2S/c1-3-13-6-8-14(9-7-13)18-17(20)16-11-12(2)15(21-16)5-4-10-19/h11,13-14,19H,3,6-10H2,1-2H3,(H,18,20). The number of aliphatic hydroxyl groups is 1. The van der Waals surface area contributed by atoms with Crippen LogP contribution in [0.15, 0.2) is 6.07 Å². The maximum atomic E-state index is 12.3. The number of aliphatic hydroxyl groups excluding tert-OH is 1. The second-order valence-electron chi connectivity index (χ2n) is 5.68. The predicted octanol–water partition coefficient (Wildman–Crippen LogP) is 3.10. The third kappa shape index (κ3) is 4.33. The Bertz CT molecular complexity index is 545. The van der Waals surface area contributed by atoms with Crippen molar-refractivity contribution in [2.45, 2.75) is 52.0 Å². The quantitative estimate of drug-likeness (QED) is 0.843.